The molecule has 1 saturated carbocycles. The maximum atomic E-state index is 14.9. The SMILES string of the molecule is CC(C)(CC#N)c1c(C2CCC(F)(C(=O)O)CC2)c2nc3[nH]ncc3cc2n1-c1ccc(F)cc1. The summed E-state index contributed by atoms with van der Waals surface area (Å²) in [4.78, 5) is 16.4. The first-order valence-corrected chi connectivity index (χ1v) is 11.6. The summed E-state index contributed by atoms with van der Waals surface area (Å²) < 4.78 is 30.7. The molecule has 2 N–H and O–H groups in total. The van der Waals surface area contributed by atoms with Crippen molar-refractivity contribution in [3.05, 3.63) is 53.6 Å². The molecule has 3 heterocycles. The molecule has 1 aromatic carbocycles. The number of nitrogens with one attached hydrogen (secondary N) is 1. The fourth-order valence-electron chi connectivity index (χ4n) is 5.36. The van der Waals surface area contributed by atoms with Crippen molar-refractivity contribution >= 4 is 28.0 Å². The zero-order chi connectivity index (χ0) is 25.0. The Labute approximate surface area is 200 Å². The van der Waals surface area contributed by atoms with E-state index in [0.717, 1.165) is 27.8 Å². The minimum Gasteiger partial charge on any atom is -0.479 e. The lowest BCUT2D eigenvalue weighted by atomic mass is 9.73. The lowest BCUT2D eigenvalue weighted by Crippen LogP contribution is -2.37. The lowest BCUT2D eigenvalue weighted by molar-refractivity contribution is -0.153. The molecule has 0 spiro atoms. The fraction of sp³-hybridized carbons (Fsp3) is 0.385. The standard InChI is InChI=1S/C26H25F2N5O2/c1-25(2,11-12-29)22-20(15-7-9-26(28,10-8-15)24(34)35)21-19(13-16-14-30-32-23(16)31-21)33(22)18-5-3-17(27)4-6-18/h3-6,13-15H,7-11H2,1-2H3,(H,34,35)(H,30,31,32). The van der Waals surface area contributed by atoms with Crippen LogP contribution in [0.2, 0.25) is 0 Å². The second kappa shape index (κ2) is 8.15. The third kappa shape index (κ3) is 3.73. The van der Waals surface area contributed by atoms with Gasteiger partial charge in [0.05, 0.1) is 23.3 Å². The average molecular weight is 478 g/mol. The summed E-state index contributed by atoms with van der Waals surface area (Å²) in [5.74, 6) is -1.94. The van der Waals surface area contributed by atoms with Gasteiger partial charge in [-0.3, -0.25) is 5.10 Å². The molecule has 0 atom stereocenters. The Morgan fingerprint density at radius 3 is 2.63 bits per heavy atom. The van der Waals surface area contributed by atoms with E-state index < -0.39 is 17.1 Å². The molecule has 1 aliphatic rings. The van der Waals surface area contributed by atoms with Crippen molar-refractivity contribution in [3.63, 3.8) is 0 Å². The number of rotatable bonds is 5. The molecule has 5 rings (SSSR count). The summed E-state index contributed by atoms with van der Waals surface area (Å²) in [6.45, 7) is 3.95. The number of aromatic nitrogens is 4. The molecule has 3 aromatic heterocycles. The number of nitrogens with zero attached hydrogens (tertiary/aromatic N) is 4. The quantitative estimate of drug-likeness (QED) is 0.384. The first-order chi connectivity index (χ1) is 16.6. The Morgan fingerprint density at radius 2 is 2.00 bits per heavy atom. The summed E-state index contributed by atoms with van der Waals surface area (Å²) in [6, 6.07) is 10.4. The van der Waals surface area contributed by atoms with E-state index in [9.17, 15) is 23.9 Å². The van der Waals surface area contributed by atoms with E-state index in [2.05, 4.69) is 16.3 Å². The predicted octanol–water partition coefficient (Wildman–Crippen LogP) is 5.68. The van der Waals surface area contributed by atoms with Crippen molar-refractivity contribution in [1.82, 2.24) is 19.7 Å². The number of benzene rings is 1. The van der Waals surface area contributed by atoms with Crippen LogP contribution in [-0.4, -0.2) is 36.5 Å². The van der Waals surface area contributed by atoms with Gasteiger partial charge in [-0.25, -0.2) is 18.6 Å². The molecular formula is C26H25F2N5O2. The molecule has 4 aromatic rings. The van der Waals surface area contributed by atoms with E-state index in [1.165, 1.54) is 12.1 Å². The normalized spacial score (nSPS) is 20.8. The number of hydrogen-bond acceptors (Lipinski definition) is 4. The molecule has 7 nitrogen and oxygen atoms in total. The monoisotopic (exact) mass is 477 g/mol. The number of halogens is 2. The van der Waals surface area contributed by atoms with Crippen molar-refractivity contribution in [2.45, 2.75) is 63.0 Å². The highest BCUT2D eigenvalue weighted by molar-refractivity contribution is 5.94. The fourth-order valence-corrected chi connectivity index (χ4v) is 5.36. The van der Waals surface area contributed by atoms with Crippen molar-refractivity contribution in [1.29, 1.82) is 5.26 Å². The smallest absolute Gasteiger partial charge is 0.341 e. The van der Waals surface area contributed by atoms with Crippen LogP contribution in [0.5, 0.6) is 0 Å². The molecular weight excluding hydrogens is 452 g/mol. The van der Waals surface area contributed by atoms with Crippen LogP contribution in [0.15, 0.2) is 36.5 Å². The van der Waals surface area contributed by atoms with E-state index in [-0.39, 0.29) is 31.0 Å². The van der Waals surface area contributed by atoms with E-state index in [1.54, 1.807) is 18.3 Å². The molecule has 0 amide bonds. The van der Waals surface area contributed by atoms with E-state index >= 15 is 0 Å². The van der Waals surface area contributed by atoms with Gasteiger partial charge >= 0.3 is 5.97 Å². The van der Waals surface area contributed by atoms with Crippen molar-refractivity contribution in [2.75, 3.05) is 0 Å². The second-order valence-electron chi connectivity index (χ2n) is 10.0. The topological polar surface area (TPSA) is 108 Å². The largest absolute Gasteiger partial charge is 0.479 e. The van der Waals surface area contributed by atoms with Crippen LogP contribution in [0.4, 0.5) is 8.78 Å². The number of alkyl halides is 1. The van der Waals surface area contributed by atoms with Crippen molar-refractivity contribution < 1.29 is 18.7 Å². The number of fused-ring (bicyclic) bond motifs is 2. The van der Waals surface area contributed by atoms with Crippen LogP contribution in [0.3, 0.4) is 0 Å². The zero-order valence-corrected chi connectivity index (χ0v) is 19.5. The van der Waals surface area contributed by atoms with Crippen LogP contribution >= 0.6 is 0 Å². The molecule has 0 aliphatic heterocycles. The Balaban J connectivity index is 1.82. The number of aromatic amines is 1. The van der Waals surface area contributed by atoms with Crippen LogP contribution in [-0.2, 0) is 10.2 Å². The maximum Gasteiger partial charge on any atom is 0.341 e. The van der Waals surface area contributed by atoms with E-state index in [4.69, 9.17) is 4.98 Å². The number of carboxylic acid groups (broad SMARTS) is 1. The van der Waals surface area contributed by atoms with E-state index in [1.807, 2.05) is 24.5 Å². The van der Waals surface area contributed by atoms with Gasteiger partial charge in [0, 0.05) is 34.2 Å². The number of carboxylic acids is 1. The summed E-state index contributed by atoms with van der Waals surface area (Å²) in [7, 11) is 0. The zero-order valence-electron chi connectivity index (χ0n) is 19.5. The molecule has 1 fully saturated rings. The molecule has 9 heteroatoms. The molecule has 1 aliphatic carbocycles. The van der Waals surface area contributed by atoms with Crippen LogP contribution in [0, 0.1) is 17.1 Å². The van der Waals surface area contributed by atoms with E-state index in [0.29, 0.717) is 24.0 Å². The molecule has 0 unspecified atom stereocenters. The molecule has 0 bridgehead atoms. The van der Waals surface area contributed by atoms with Gasteiger partial charge in [-0.2, -0.15) is 10.4 Å². The number of aliphatic carboxylic acids is 1. The van der Waals surface area contributed by atoms with Gasteiger partial charge in [0.25, 0.3) is 0 Å². The third-order valence-corrected chi connectivity index (χ3v) is 7.20. The summed E-state index contributed by atoms with van der Waals surface area (Å²) in [5.41, 5.74) is 1.65. The second-order valence-corrected chi connectivity index (χ2v) is 10.0. The lowest BCUT2D eigenvalue weighted by Gasteiger charge is -2.33. The molecule has 0 radical (unpaired) electrons. The van der Waals surface area contributed by atoms with Gasteiger partial charge in [-0.15, -0.1) is 0 Å². The Kier molecular flexibility index (Phi) is 5.35. The van der Waals surface area contributed by atoms with Crippen LogP contribution in [0.1, 0.15) is 63.1 Å². The minimum absolute atomic E-state index is 0.0966. The Hall–Kier alpha value is -3.80. The molecule has 180 valence electrons. The van der Waals surface area contributed by atoms with Gasteiger partial charge in [0.2, 0.25) is 5.67 Å². The predicted molar refractivity (Wildman–Crippen MR) is 127 cm³/mol. The summed E-state index contributed by atoms with van der Waals surface area (Å²) >= 11 is 0. The first-order valence-electron chi connectivity index (χ1n) is 11.6. The summed E-state index contributed by atoms with van der Waals surface area (Å²) in [6.07, 6.45) is 2.37. The van der Waals surface area contributed by atoms with Crippen LogP contribution in [0.25, 0.3) is 27.8 Å². The molecule has 0 saturated heterocycles. The summed E-state index contributed by atoms with van der Waals surface area (Å²) in [5, 5.41) is 26.8. The number of pyridine rings is 1. The van der Waals surface area contributed by atoms with Gasteiger partial charge < -0.3 is 9.67 Å². The number of nitriles is 1. The van der Waals surface area contributed by atoms with Crippen molar-refractivity contribution in [3.8, 4) is 11.8 Å². The number of carbonyl (C=O) groups is 1. The van der Waals surface area contributed by atoms with Gasteiger partial charge in [-0.1, -0.05) is 13.8 Å². The highest BCUT2D eigenvalue weighted by Crippen LogP contribution is 2.48. The Morgan fingerprint density at radius 1 is 1.31 bits per heavy atom. The number of H-pyrrole nitrogens is 1. The van der Waals surface area contributed by atoms with Crippen LogP contribution < -0.4 is 0 Å². The first kappa shape index (κ1) is 23.0. The number of hydrogen-bond donors (Lipinski definition) is 2. The third-order valence-electron chi connectivity index (χ3n) is 7.20. The van der Waals surface area contributed by atoms with Crippen molar-refractivity contribution in [2.24, 2.45) is 0 Å². The minimum atomic E-state index is -2.24. The van der Waals surface area contributed by atoms with Gasteiger partial charge in [0.1, 0.15) is 5.82 Å². The average Bonchev–Trinajstić information content (AvgIpc) is 3.41. The van der Waals surface area contributed by atoms with Gasteiger partial charge in [-0.05, 0) is 61.9 Å². The highest BCUT2D eigenvalue weighted by Gasteiger charge is 2.45. The highest BCUT2D eigenvalue weighted by atomic mass is 19.1. The maximum absolute atomic E-state index is 14.9. The van der Waals surface area contributed by atoms with Gasteiger partial charge in [0.15, 0.2) is 5.65 Å². The molecule has 35 heavy (non-hydrogen) atoms. The Bertz CT molecular complexity index is 1470.